The topological polar surface area (TPSA) is 32.7 Å². The van der Waals surface area contributed by atoms with E-state index in [9.17, 15) is 5.11 Å². The van der Waals surface area contributed by atoms with Crippen LogP contribution in [0.5, 0.6) is 0 Å². The number of methoxy groups -OCH3 is 1. The van der Waals surface area contributed by atoms with E-state index in [-0.39, 0.29) is 6.10 Å². The summed E-state index contributed by atoms with van der Waals surface area (Å²) < 4.78 is 4.88. The number of aliphatic hydroxyl groups excluding tert-OH is 1. The lowest BCUT2D eigenvalue weighted by Crippen LogP contribution is -2.35. The Morgan fingerprint density at radius 1 is 1.50 bits per heavy atom. The first-order valence-electron chi connectivity index (χ1n) is 5.25. The molecule has 0 saturated heterocycles. The molecule has 0 heterocycles. The molecule has 3 heteroatoms. The lowest BCUT2D eigenvalue weighted by molar-refractivity contribution is 0.0392. The minimum absolute atomic E-state index is 0.370. The van der Waals surface area contributed by atoms with Crippen molar-refractivity contribution in [3.8, 4) is 0 Å². The highest BCUT2D eigenvalue weighted by molar-refractivity contribution is 4.78. The molecule has 0 spiro atoms. The SMILES string of the molecule is C/C=C\CCN(CC)CC(O)COC. The summed E-state index contributed by atoms with van der Waals surface area (Å²) in [6.45, 7) is 7.22. The van der Waals surface area contributed by atoms with Crippen LogP contribution in [0.3, 0.4) is 0 Å². The Morgan fingerprint density at radius 2 is 2.21 bits per heavy atom. The highest BCUT2D eigenvalue weighted by atomic mass is 16.5. The molecule has 1 N–H and O–H groups in total. The van der Waals surface area contributed by atoms with Crippen LogP contribution >= 0.6 is 0 Å². The lowest BCUT2D eigenvalue weighted by Gasteiger charge is -2.22. The number of likely N-dealkylation sites (N-methyl/N-ethyl adjacent to an activating group) is 1. The Hall–Kier alpha value is -0.380. The number of nitrogens with zero attached hydrogens (tertiary/aromatic N) is 1. The van der Waals surface area contributed by atoms with Crippen LogP contribution in [0.1, 0.15) is 20.3 Å². The van der Waals surface area contributed by atoms with Crippen molar-refractivity contribution in [3.63, 3.8) is 0 Å². The largest absolute Gasteiger partial charge is 0.389 e. The number of ether oxygens (including phenoxy) is 1. The van der Waals surface area contributed by atoms with Gasteiger partial charge < -0.3 is 14.7 Å². The van der Waals surface area contributed by atoms with E-state index in [2.05, 4.69) is 24.0 Å². The van der Waals surface area contributed by atoms with Gasteiger partial charge in [0.15, 0.2) is 0 Å². The smallest absolute Gasteiger partial charge is 0.0900 e. The molecule has 1 unspecified atom stereocenters. The Labute approximate surface area is 87.4 Å². The molecule has 0 saturated carbocycles. The molecule has 0 rings (SSSR count). The fourth-order valence-corrected chi connectivity index (χ4v) is 1.35. The highest BCUT2D eigenvalue weighted by Gasteiger charge is 2.08. The maximum Gasteiger partial charge on any atom is 0.0900 e. The van der Waals surface area contributed by atoms with E-state index in [0.29, 0.717) is 13.2 Å². The molecule has 3 nitrogen and oxygen atoms in total. The normalized spacial score (nSPS) is 14.1. The van der Waals surface area contributed by atoms with Gasteiger partial charge in [0.25, 0.3) is 0 Å². The van der Waals surface area contributed by atoms with Crippen LogP contribution < -0.4 is 0 Å². The number of allylic oxidation sites excluding steroid dienone is 1. The van der Waals surface area contributed by atoms with Crippen molar-refractivity contribution in [1.82, 2.24) is 4.90 Å². The molecule has 0 aromatic carbocycles. The molecular formula is C11H23NO2. The Kier molecular flexibility index (Phi) is 8.94. The summed E-state index contributed by atoms with van der Waals surface area (Å²) >= 11 is 0. The summed E-state index contributed by atoms with van der Waals surface area (Å²) in [7, 11) is 1.61. The maximum absolute atomic E-state index is 9.52. The molecule has 0 aromatic rings. The van der Waals surface area contributed by atoms with Crippen molar-refractivity contribution in [3.05, 3.63) is 12.2 Å². The van der Waals surface area contributed by atoms with Crippen LogP contribution in [0.4, 0.5) is 0 Å². The third-order valence-electron chi connectivity index (χ3n) is 2.12. The molecule has 0 bridgehead atoms. The predicted octanol–water partition coefficient (Wildman–Crippen LogP) is 1.28. The van der Waals surface area contributed by atoms with Gasteiger partial charge in [-0.15, -0.1) is 0 Å². The molecule has 0 radical (unpaired) electrons. The van der Waals surface area contributed by atoms with E-state index in [0.717, 1.165) is 19.5 Å². The molecule has 0 aliphatic rings. The number of hydrogen-bond acceptors (Lipinski definition) is 3. The fraction of sp³-hybridized carbons (Fsp3) is 0.818. The van der Waals surface area contributed by atoms with Crippen LogP contribution in [0.25, 0.3) is 0 Å². The highest BCUT2D eigenvalue weighted by Crippen LogP contribution is 1.96. The summed E-state index contributed by atoms with van der Waals surface area (Å²) in [6.07, 6.45) is 4.88. The van der Waals surface area contributed by atoms with Gasteiger partial charge in [-0.05, 0) is 19.9 Å². The van der Waals surface area contributed by atoms with E-state index in [1.165, 1.54) is 0 Å². The second kappa shape index (κ2) is 9.19. The quantitative estimate of drug-likeness (QED) is 0.601. The third kappa shape index (κ3) is 7.06. The average molecular weight is 201 g/mol. The molecule has 0 fully saturated rings. The molecule has 0 aromatic heterocycles. The van der Waals surface area contributed by atoms with Gasteiger partial charge >= 0.3 is 0 Å². The molecule has 14 heavy (non-hydrogen) atoms. The van der Waals surface area contributed by atoms with Gasteiger partial charge in [0, 0.05) is 20.2 Å². The van der Waals surface area contributed by atoms with Crippen LogP contribution in [0, 0.1) is 0 Å². The minimum Gasteiger partial charge on any atom is -0.389 e. The van der Waals surface area contributed by atoms with Crippen LogP contribution in [-0.2, 0) is 4.74 Å². The molecule has 1 atom stereocenters. The van der Waals surface area contributed by atoms with Crippen molar-refractivity contribution in [2.45, 2.75) is 26.4 Å². The van der Waals surface area contributed by atoms with Crippen LogP contribution in [0.2, 0.25) is 0 Å². The zero-order chi connectivity index (χ0) is 10.8. The predicted molar refractivity (Wildman–Crippen MR) is 59.4 cm³/mol. The zero-order valence-electron chi connectivity index (χ0n) is 9.57. The van der Waals surface area contributed by atoms with E-state index < -0.39 is 0 Å². The number of hydrogen-bond donors (Lipinski definition) is 1. The van der Waals surface area contributed by atoms with Gasteiger partial charge in [0.1, 0.15) is 0 Å². The van der Waals surface area contributed by atoms with Crippen LogP contribution in [0.15, 0.2) is 12.2 Å². The molecule has 84 valence electrons. The maximum atomic E-state index is 9.52. The molecule has 0 amide bonds. The van der Waals surface area contributed by atoms with E-state index >= 15 is 0 Å². The first kappa shape index (κ1) is 13.6. The first-order valence-corrected chi connectivity index (χ1v) is 5.25. The van der Waals surface area contributed by atoms with E-state index in [1.807, 2.05) is 6.92 Å². The summed E-state index contributed by atoms with van der Waals surface area (Å²) in [5.41, 5.74) is 0. The molecule has 0 aliphatic carbocycles. The summed E-state index contributed by atoms with van der Waals surface area (Å²) in [5, 5.41) is 9.52. The summed E-state index contributed by atoms with van der Waals surface area (Å²) in [5.74, 6) is 0. The van der Waals surface area contributed by atoms with E-state index in [4.69, 9.17) is 4.74 Å². The van der Waals surface area contributed by atoms with Crippen LogP contribution in [-0.4, -0.2) is 49.5 Å². The van der Waals surface area contributed by atoms with Crippen molar-refractivity contribution < 1.29 is 9.84 Å². The standard InChI is InChI=1S/C11H23NO2/c1-4-6-7-8-12(5-2)9-11(13)10-14-3/h4,6,11,13H,5,7-10H2,1-3H3/b6-4-. The van der Waals surface area contributed by atoms with Crippen molar-refractivity contribution in [2.24, 2.45) is 0 Å². The summed E-state index contributed by atoms with van der Waals surface area (Å²) in [6, 6.07) is 0. The van der Waals surface area contributed by atoms with Crippen molar-refractivity contribution >= 4 is 0 Å². The Bertz CT molecular complexity index is 148. The monoisotopic (exact) mass is 201 g/mol. The minimum atomic E-state index is -0.370. The second-order valence-corrected chi connectivity index (χ2v) is 3.36. The number of rotatable bonds is 8. The second-order valence-electron chi connectivity index (χ2n) is 3.36. The fourth-order valence-electron chi connectivity index (χ4n) is 1.35. The van der Waals surface area contributed by atoms with Gasteiger partial charge in [-0.1, -0.05) is 19.1 Å². The van der Waals surface area contributed by atoms with Crippen molar-refractivity contribution in [1.29, 1.82) is 0 Å². The van der Waals surface area contributed by atoms with Gasteiger partial charge in [0.05, 0.1) is 12.7 Å². The zero-order valence-corrected chi connectivity index (χ0v) is 9.57. The van der Waals surface area contributed by atoms with Crippen molar-refractivity contribution in [2.75, 3.05) is 33.4 Å². The Balaban J connectivity index is 3.66. The Morgan fingerprint density at radius 3 is 2.71 bits per heavy atom. The number of aliphatic hydroxyl groups is 1. The van der Waals surface area contributed by atoms with E-state index in [1.54, 1.807) is 7.11 Å². The molecule has 0 aliphatic heterocycles. The van der Waals surface area contributed by atoms with Gasteiger partial charge in [0.2, 0.25) is 0 Å². The summed E-state index contributed by atoms with van der Waals surface area (Å²) in [4.78, 5) is 2.23. The first-order chi connectivity index (χ1) is 6.74. The van der Waals surface area contributed by atoms with Gasteiger partial charge in [-0.25, -0.2) is 0 Å². The molecular weight excluding hydrogens is 178 g/mol. The van der Waals surface area contributed by atoms with Gasteiger partial charge in [-0.3, -0.25) is 0 Å². The lowest BCUT2D eigenvalue weighted by atomic mass is 10.3. The van der Waals surface area contributed by atoms with Gasteiger partial charge in [-0.2, -0.15) is 0 Å². The third-order valence-corrected chi connectivity index (χ3v) is 2.12. The average Bonchev–Trinajstić information content (AvgIpc) is 2.17.